The first kappa shape index (κ1) is 13.7. The number of hydrogen-bond donors (Lipinski definition) is 2. The minimum atomic E-state index is -3.84. The summed E-state index contributed by atoms with van der Waals surface area (Å²) in [5.41, 5.74) is 6.98. The molecule has 0 saturated carbocycles. The van der Waals surface area contributed by atoms with Gasteiger partial charge in [-0.05, 0) is 37.5 Å². The molecule has 112 valence electrons. The lowest BCUT2D eigenvalue weighted by Crippen LogP contribution is -2.18. The Morgan fingerprint density at radius 1 is 1.33 bits per heavy atom. The van der Waals surface area contributed by atoms with E-state index in [9.17, 15) is 8.42 Å². The minimum Gasteiger partial charge on any atom is -0.492 e. The number of rotatable bonds is 3. The lowest BCUT2D eigenvalue weighted by atomic mass is 10.1. The predicted molar refractivity (Wildman–Crippen MR) is 76.7 cm³/mol. The van der Waals surface area contributed by atoms with Gasteiger partial charge in [-0.15, -0.1) is 0 Å². The van der Waals surface area contributed by atoms with Crippen molar-refractivity contribution in [1.82, 2.24) is 5.16 Å². The molecule has 1 aliphatic rings. The Hall–Kier alpha value is -2.22. The number of anilines is 2. The molecule has 21 heavy (non-hydrogen) atoms. The van der Waals surface area contributed by atoms with Crippen molar-refractivity contribution < 1.29 is 17.7 Å². The SMILES string of the molecule is Cc1cc(NS(=O)(=O)c2cc(N)cc3c2OCCC3)no1. The van der Waals surface area contributed by atoms with Gasteiger partial charge in [-0.1, -0.05) is 5.16 Å². The fourth-order valence-corrected chi connectivity index (χ4v) is 3.48. The van der Waals surface area contributed by atoms with Crippen LogP contribution in [0.4, 0.5) is 11.5 Å². The van der Waals surface area contributed by atoms with Crippen molar-refractivity contribution in [2.75, 3.05) is 17.1 Å². The van der Waals surface area contributed by atoms with Gasteiger partial charge in [0.1, 0.15) is 16.4 Å². The van der Waals surface area contributed by atoms with Crippen molar-refractivity contribution in [3.05, 3.63) is 29.5 Å². The number of nitrogens with two attached hydrogens (primary N) is 1. The summed E-state index contributed by atoms with van der Waals surface area (Å²) in [5, 5.41) is 3.62. The Kier molecular flexibility index (Phi) is 3.25. The number of aromatic nitrogens is 1. The van der Waals surface area contributed by atoms with Gasteiger partial charge in [0.15, 0.2) is 5.82 Å². The summed E-state index contributed by atoms with van der Waals surface area (Å²) in [6.07, 6.45) is 1.58. The van der Waals surface area contributed by atoms with E-state index in [1.54, 1.807) is 13.0 Å². The van der Waals surface area contributed by atoms with E-state index >= 15 is 0 Å². The van der Waals surface area contributed by atoms with E-state index in [0.29, 0.717) is 23.8 Å². The Labute approximate surface area is 122 Å². The fraction of sp³-hybridized carbons (Fsp3) is 0.308. The van der Waals surface area contributed by atoms with Crippen molar-refractivity contribution >= 4 is 21.5 Å². The summed E-state index contributed by atoms with van der Waals surface area (Å²) in [7, 11) is -3.84. The first-order chi connectivity index (χ1) is 9.95. The average molecular weight is 309 g/mol. The molecule has 1 aromatic heterocycles. The number of aryl methyl sites for hydroxylation is 2. The second-order valence-corrected chi connectivity index (χ2v) is 6.54. The van der Waals surface area contributed by atoms with Gasteiger partial charge in [0.05, 0.1) is 6.61 Å². The molecule has 0 bridgehead atoms. The van der Waals surface area contributed by atoms with Gasteiger partial charge in [-0.25, -0.2) is 8.42 Å². The number of nitrogens with zero attached hydrogens (tertiary/aromatic N) is 1. The second-order valence-electron chi connectivity index (χ2n) is 4.89. The lowest BCUT2D eigenvalue weighted by molar-refractivity contribution is 0.280. The zero-order valence-electron chi connectivity index (χ0n) is 11.4. The Morgan fingerprint density at radius 2 is 2.14 bits per heavy atom. The van der Waals surface area contributed by atoms with E-state index in [1.807, 2.05) is 0 Å². The Bertz CT molecular complexity index is 783. The van der Waals surface area contributed by atoms with Crippen LogP contribution in [0.3, 0.4) is 0 Å². The van der Waals surface area contributed by atoms with Gasteiger partial charge in [0.2, 0.25) is 0 Å². The number of fused-ring (bicyclic) bond motifs is 1. The number of hydrogen-bond acceptors (Lipinski definition) is 6. The molecule has 0 saturated heterocycles. The molecule has 3 rings (SSSR count). The second kappa shape index (κ2) is 4.96. The van der Waals surface area contributed by atoms with Crippen LogP contribution in [0.25, 0.3) is 0 Å². The van der Waals surface area contributed by atoms with E-state index in [1.165, 1.54) is 12.1 Å². The molecule has 2 heterocycles. The maximum Gasteiger partial charge on any atom is 0.266 e. The molecule has 1 aromatic carbocycles. The van der Waals surface area contributed by atoms with Crippen molar-refractivity contribution in [3.8, 4) is 5.75 Å². The zero-order chi connectivity index (χ0) is 15.0. The van der Waals surface area contributed by atoms with Gasteiger partial charge in [0.25, 0.3) is 10.0 Å². The quantitative estimate of drug-likeness (QED) is 0.835. The highest BCUT2D eigenvalue weighted by atomic mass is 32.2. The van der Waals surface area contributed by atoms with Gasteiger partial charge < -0.3 is 15.0 Å². The molecule has 3 N–H and O–H groups in total. The molecule has 8 heteroatoms. The molecule has 0 fully saturated rings. The number of ether oxygens (including phenoxy) is 1. The maximum atomic E-state index is 12.5. The lowest BCUT2D eigenvalue weighted by Gasteiger charge is -2.21. The third kappa shape index (κ3) is 2.66. The molecule has 0 amide bonds. The highest BCUT2D eigenvalue weighted by Gasteiger charge is 2.26. The van der Waals surface area contributed by atoms with Gasteiger partial charge >= 0.3 is 0 Å². The van der Waals surface area contributed by atoms with Crippen molar-refractivity contribution in [1.29, 1.82) is 0 Å². The van der Waals surface area contributed by atoms with Crippen molar-refractivity contribution in [3.63, 3.8) is 0 Å². The molecule has 1 aliphatic heterocycles. The van der Waals surface area contributed by atoms with Crippen molar-refractivity contribution in [2.45, 2.75) is 24.7 Å². The molecule has 2 aromatic rings. The summed E-state index contributed by atoms with van der Waals surface area (Å²) in [5.74, 6) is 1.00. The number of nitrogens with one attached hydrogen (secondary N) is 1. The average Bonchev–Trinajstić information content (AvgIpc) is 2.82. The van der Waals surface area contributed by atoms with Crippen LogP contribution >= 0.6 is 0 Å². The standard InChI is InChI=1S/C13H15N3O4S/c1-8-5-12(15-20-8)16-21(17,18)11-7-10(14)6-9-3-2-4-19-13(9)11/h5-7H,2-4,14H2,1H3,(H,15,16). The highest BCUT2D eigenvalue weighted by molar-refractivity contribution is 7.92. The summed E-state index contributed by atoms with van der Waals surface area (Å²) in [6, 6.07) is 4.63. The first-order valence-electron chi connectivity index (χ1n) is 6.47. The first-order valence-corrected chi connectivity index (χ1v) is 7.95. The third-order valence-electron chi connectivity index (χ3n) is 3.15. The minimum absolute atomic E-state index is 0.0258. The molecule has 0 atom stereocenters. The Balaban J connectivity index is 2.04. The van der Waals surface area contributed by atoms with E-state index in [0.717, 1.165) is 18.4 Å². The van der Waals surface area contributed by atoms with Crippen LogP contribution in [0, 0.1) is 6.92 Å². The van der Waals surface area contributed by atoms with Crippen LogP contribution in [0.2, 0.25) is 0 Å². The predicted octanol–water partition coefficient (Wildman–Crippen LogP) is 1.69. The summed E-state index contributed by atoms with van der Waals surface area (Å²) >= 11 is 0. The summed E-state index contributed by atoms with van der Waals surface area (Å²) in [6.45, 7) is 2.17. The smallest absolute Gasteiger partial charge is 0.266 e. The van der Waals surface area contributed by atoms with Crippen LogP contribution in [0.5, 0.6) is 5.75 Å². The molecular weight excluding hydrogens is 294 g/mol. The molecular formula is C13H15N3O4S. The van der Waals surface area contributed by atoms with Crippen molar-refractivity contribution in [2.24, 2.45) is 0 Å². The van der Waals surface area contributed by atoms with Crippen LogP contribution in [0.15, 0.2) is 27.6 Å². The normalized spacial score (nSPS) is 14.3. The number of benzene rings is 1. The molecule has 0 aliphatic carbocycles. The molecule has 0 spiro atoms. The van der Waals surface area contributed by atoms with Gasteiger partial charge in [-0.3, -0.25) is 4.72 Å². The van der Waals surface area contributed by atoms with Gasteiger partial charge in [0, 0.05) is 11.8 Å². The highest BCUT2D eigenvalue weighted by Crippen LogP contribution is 2.35. The monoisotopic (exact) mass is 309 g/mol. The zero-order valence-corrected chi connectivity index (χ0v) is 12.2. The Morgan fingerprint density at radius 3 is 2.86 bits per heavy atom. The van der Waals surface area contributed by atoms with E-state index < -0.39 is 10.0 Å². The maximum absolute atomic E-state index is 12.5. The number of sulfonamides is 1. The van der Waals surface area contributed by atoms with Gasteiger partial charge in [-0.2, -0.15) is 0 Å². The van der Waals surface area contributed by atoms with Crippen LogP contribution < -0.4 is 15.2 Å². The molecule has 0 unspecified atom stereocenters. The van der Waals surface area contributed by atoms with E-state index in [-0.39, 0.29) is 10.7 Å². The molecule has 0 radical (unpaired) electrons. The topological polar surface area (TPSA) is 107 Å². The summed E-state index contributed by atoms with van der Waals surface area (Å²) < 4.78 is 37.7. The van der Waals surface area contributed by atoms with E-state index in [2.05, 4.69) is 9.88 Å². The van der Waals surface area contributed by atoms with Crippen LogP contribution in [0.1, 0.15) is 17.7 Å². The van der Waals surface area contributed by atoms with E-state index in [4.69, 9.17) is 15.0 Å². The van der Waals surface area contributed by atoms with Crippen LogP contribution in [-0.2, 0) is 16.4 Å². The largest absolute Gasteiger partial charge is 0.492 e. The molecule has 7 nitrogen and oxygen atoms in total. The fourth-order valence-electron chi connectivity index (χ4n) is 2.28. The summed E-state index contributed by atoms with van der Waals surface area (Å²) in [4.78, 5) is 0.0258. The third-order valence-corrected chi connectivity index (χ3v) is 4.51. The van der Waals surface area contributed by atoms with Crippen LogP contribution in [-0.4, -0.2) is 20.2 Å². The number of nitrogen functional groups attached to an aromatic ring is 1.